The van der Waals surface area contributed by atoms with E-state index in [2.05, 4.69) is 40.9 Å². The molecule has 0 unspecified atom stereocenters. The molecule has 0 radical (unpaired) electrons. The summed E-state index contributed by atoms with van der Waals surface area (Å²) in [5, 5.41) is 68.0. The molecule has 0 aliphatic heterocycles. The molecule has 0 aromatic heterocycles. The fraction of sp³-hybridized carbons (Fsp3) is 0.0500. The number of sulfone groups is 1. The van der Waals surface area contributed by atoms with Gasteiger partial charge in [-0.1, -0.05) is 0 Å². The van der Waals surface area contributed by atoms with Crippen molar-refractivity contribution in [1.82, 2.24) is 0 Å². The number of aliphatic hydroxyl groups is 1. The summed E-state index contributed by atoms with van der Waals surface area (Å²) in [5.41, 5.74) is -2.45. The largest absolute Gasteiger partial charge is 0.505 e. The fourth-order valence-corrected chi connectivity index (χ4v) is 12.4. The van der Waals surface area contributed by atoms with Crippen LogP contribution >= 0.6 is 0 Å². The van der Waals surface area contributed by atoms with Gasteiger partial charge in [-0.05, 0) is 78.9 Å². The van der Waals surface area contributed by atoms with Crippen molar-refractivity contribution >= 4 is 149 Å². The van der Waals surface area contributed by atoms with Crippen molar-refractivity contribution in [3.63, 3.8) is 0 Å². The third-order valence-electron chi connectivity index (χ3n) is 10.8. The summed E-state index contributed by atoms with van der Waals surface area (Å²) in [6.45, 7) is -0.650. The average Bonchev–Trinajstić information content (AvgIpc) is 3.56. The van der Waals surface area contributed by atoms with Crippen LogP contribution in [0.5, 0.6) is 11.5 Å². The number of nitrogens with zero attached hydrogens (tertiary/aromatic N) is 9. The van der Waals surface area contributed by atoms with E-state index in [1.807, 2.05) is 0 Å². The van der Waals surface area contributed by atoms with Crippen LogP contribution in [0, 0.1) is 10.1 Å². The van der Waals surface area contributed by atoms with Crippen molar-refractivity contribution in [3.05, 3.63) is 101 Å². The van der Waals surface area contributed by atoms with Crippen LogP contribution in [0.1, 0.15) is 0 Å². The highest BCUT2D eigenvalue weighted by molar-refractivity contribution is 7.91. The molecule has 11 N–H and O–H groups in total. The summed E-state index contributed by atoms with van der Waals surface area (Å²) in [4.78, 5) is 1.72. The second-order valence-corrected chi connectivity index (χ2v) is 26.5. The van der Waals surface area contributed by atoms with Crippen LogP contribution < -0.4 is 5.73 Å². The van der Waals surface area contributed by atoms with Crippen LogP contribution in [-0.2, 0) is 70.5 Å². The molecule has 7 aromatic rings. The fourth-order valence-electron chi connectivity index (χ4n) is 7.27. The summed E-state index contributed by atoms with van der Waals surface area (Å²) in [7, 11) is -37.3. The molecular weight excluding hydrogens is 1240 g/mol. The quantitative estimate of drug-likeness (QED) is 0.0139. The Balaban J connectivity index is 1.36. The number of hydrogen-bond acceptors (Lipinski definition) is 28. The number of nitrogens with two attached hydrogens (primary N) is 1. The van der Waals surface area contributed by atoms with Gasteiger partial charge in [-0.25, -0.2) is 8.42 Å². The zero-order valence-electron chi connectivity index (χ0n) is 39.6. The highest BCUT2D eigenvalue weighted by Gasteiger charge is 2.31. The summed E-state index contributed by atoms with van der Waals surface area (Å²) in [5.74, 6) is -3.51. The minimum Gasteiger partial charge on any atom is -0.505 e. The first-order valence-electron chi connectivity index (χ1n) is 21.1. The van der Waals surface area contributed by atoms with Crippen molar-refractivity contribution in [2.75, 3.05) is 18.1 Å². The third-order valence-corrected chi connectivity index (χ3v) is 17.9. The lowest BCUT2D eigenvalue weighted by Crippen LogP contribution is -2.09. The first kappa shape index (κ1) is 61.3. The van der Waals surface area contributed by atoms with Crippen LogP contribution in [0.3, 0.4) is 0 Å². The van der Waals surface area contributed by atoms with Crippen molar-refractivity contribution in [2.24, 2.45) is 40.9 Å². The number of azo groups is 4. The number of non-ortho nitro benzene ring substituents is 1. The lowest BCUT2D eigenvalue weighted by atomic mass is 10.0. The first-order chi connectivity index (χ1) is 37.7. The second-order valence-electron chi connectivity index (χ2n) is 16.1. The predicted molar refractivity (Wildman–Crippen MR) is 276 cm³/mol. The van der Waals surface area contributed by atoms with E-state index in [1.165, 1.54) is 12.1 Å². The van der Waals surface area contributed by atoms with Crippen LogP contribution in [0.15, 0.2) is 166 Å². The van der Waals surface area contributed by atoms with Gasteiger partial charge in [-0.15, -0.1) is 30.7 Å². The predicted octanol–water partition coefficient (Wildman–Crippen LogP) is 6.80. The maximum absolute atomic E-state index is 13.1. The number of nitro benzene ring substituents is 1. The van der Waals surface area contributed by atoms with Gasteiger partial charge in [0.15, 0.2) is 21.3 Å². The Morgan fingerprint density at radius 2 is 0.890 bits per heavy atom. The minimum absolute atomic E-state index is 0.0365. The van der Waals surface area contributed by atoms with Crippen molar-refractivity contribution < 1.29 is 106 Å². The second kappa shape index (κ2) is 21.8. The van der Waals surface area contributed by atoms with E-state index in [-0.39, 0.29) is 28.4 Å². The Labute approximate surface area is 458 Å². The summed E-state index contributed by atoms with van der Waals surface area (Å²) in [6.07, 6.45) is 0. The van der Waals surface area contributed by atoms with Crippen molar-refractivity contribution in [3.8, 4) is 11.5 Å². The molecule has 0 saturated carbocycles. The van der Waals surface area contributed by atoms with E-state index in [0.717, 1.165) is 30.3 Å². The van der Waals surface area contributed by atoms with Crippen molar-refractivity contribution in [2.45, 2.75) is 34.3 Å². The molecule has 7 aromatic carbocycles. The standard InChI is InChI=1S/C40H30N10O25S7/c41-35-28(17-29(77(58,59)60)24-16-33(81(70,71)72)37(39(53)34(24)35)49-45-26-9-4-20(50(54)55)14-31(26)79(64,65)66)47-46-27-10-7-22-23(40(27)82(73,74)75)15-32(80(67,68)69)36(38(22)52)48-44-25-8-3-19(13-30(25)78(61,62)63)43-42-18-1-5-21(6-2-18)76(56,57)12-11-51/h1-10,13-17,51-53H,11-12,41H2,(H,58,59,60)(H,61,62,63)(H,64,65,66)(H,67,68,69)(H,70,71,72)(H,73,74,75). The van der Waals surface area contributed by atoms with Crippen LogP contribution in [0.25, 0.3) is 21.5 Å². The SMILES string of the molecule is Nc1c(N=Nc2ccc3c(O)c(N=Nc4ccc(N=Nc5ccc(S(=O)(=O)CCO)cc5)cc4S(=O)(=O)O)c(S(=O)(=O)O)cc3c2S(=O)(=O)O)cc(S(=O)(=O)O)c2cc(S(=O)(=O)O)c(N=Nc3ccc([N+](=O)[O-])cc3S(=O)(=O)O)c(O)c12. The highest BCUT2D eigenvalue weighted by Crippen LogP contribution is 2.50. The molecule has 42 heteroatoms. The van der Waals surface area contributed by atoms with E-state index in [4.69, 9.17) is 10.8 Å². The molecule has 0 aliphatic carbocycles. The number of rotatable bonds is 18. The highest BCUT2D eigenvalue weighted by atomic mass is 32.2. The maximum Gasteiger partial charge on any atom is 0.297 e. The zero-order chi connectivity index (χ0) is 61.0. The Bertz CT molecular complexity index is 4890. The Hall–Kier alpha value is -8.37. The molecule has 0 fully saturated rings. The van der Waals surface area contributed by atoms with Gasteiger partial charge >= 0.3 is 0 Å². The summed E-state index contributed by atoms with van der Waals surface area (Å²) >= 11 is 0. The number of fused-ring (bicyclic) bond motifs is 2. The topological polar surface area (TPSA) is 589 Å². The molecule has 0 amide bonds. The molecule has 432 valence electrons. The number of hydrogen-bond donors (Lipinski definition) is 10. The molecule has 0 spiro atoms. The molecule has 0 atom stereocenters. The van der Waals surface area contributed by atoms with Crippen LogP contribution in [0.4, 0.5) is 56.9 Å². The number of phenols is 2. The van der Waals surface area contributed by atoms with Crippen molar-refractivity contribution in [1.29, 1.82) is 0 Å². The average molecular weight is 1280 g/mol. The number of aliphatic hydroxyl groups excluding tert-OH is 1. The Morgan fingerprint density at radius 1 is 0.439 bits per heavy atom. The minimum atomic E-state index is -5.76. The zero-order valence-corrected chi connectivity index (χ0v) is 45.3. The number of benzene rings is 7. The number of nitrogen functional groups attached to an aromatic ring is 1. The molecule has 0 aliphatic rings. The van der Waals surface area contributed by atoms with E-state index < -0.39 is 196 Å². The van der Waals surface area contributed by atoms with Gasteiger partial charge in [0.05, 0.1) is 44.6 Å². The van der Waals surface area contributed by atoms with Gasteiger partial charge in [-0.3, -0.25) is 37.4 Å². The monoisotopic (exact) mass is 1270 g/mol. The lowest BCUT2D eigenvalue weighted by molar-refractivity contribution is -0.385. The van der Waals surface area contributed by atoms with Gasteiger partial charge in [0.25, 0.3) is 66.4 Å². The van der Waals surface area contributed by atoms with E-state index in [0.29, 0.717) is 36.4 Å². The molecule has 35 nitrogen and oxygen atoms in total. The van der Waals surface area contributed by atoms with E-state index >= 15 is 0 Å². The van der Waals surface area contributed by atoms with E-state index in [9.17, 15) is 107 Å². The molecule has 0 heterocycles. The smallest absolute Gasteiger partial charge is 0.297 e. The first-order valence-corrected chi connectivity index (χ1v) is 31.4. The third kappa shape index (κ3) is 12.9. The lowest BCUT2D eigenvalue weighted by Gasteiger charge is -2.15. The number of phenolic OH excluding ortho intramolecular Hbond substituents is 2. The Morgan fingerprint density at radius 3 is 1.40 bits per heavy atom. The summed E-state index contributed by atoms with van der Waals surface area (Å²) in [6, 6.07) is 11.0. The van der Waals surface area contributed by atoms with Crippen LogP contribution in [0.2, 0.25) is 0 Å². The molecule has 7 rings (SSSR count). The molecule has 82 heavy (non-hydrogen) atoms. The molecule has 0 bridgehead atoms. The van der Waals surface area contributed by atoms with Gasteiger partial charge in [0.2, 0.25) is 0 Å². The number of aromatic hydroxyl groups is 2. The number of nitro groups is 1. The molecular formula is C40H30N10O25S7. The van der Waals surface area contributed by atoms with Gasteiger partial charge < -0.3 is 21.1 Å². The molecule has 0 saturated heterocycles. The maximum atomic E-state index is 13.1. The van der Waals surface area contributed by atoms with Gasteiger partial charge in [0, 0.05) is 28.3 Å². The summed E-state index contributed by atoms with van der Waals surface area (Å²) < 4.78 is 237. The normalized spacial score (nSPS) is 13.4. The van der Waals surface area contributed by atoms with Gasteiger partial charge in [0.1, 0.15) is 63.5 Å². The Kier molecular flexibility index (Phi) is 16.3. The van der Waals surface area contributed by atoms with Gasteiger partial charge in [-0.2, -0.15) is 60.7 Å². The van der Waals surface area contributed by atoms with Crippen LogP contribution in [-0.4, -0.2) is 119 Å². The number of anilines is 1. The van der Waals surface area contributed by atoms with E-state index in [1.54, 1.807) is 0 Å².